The van der Waals surface area contributed by atoms with E-state index >= 15 is 0 Å². The molecule has 0 aromatic heterocycles. The number of nitrogens with one attached hydrogen (secondary N) is 1. The smallest absolute Gasteiger partial charge is 0.0817 e. The van der Waals surface area contributed by atoms with Gasteiger partial charge in [0.2, 0.25) is 0 Å². The Labute approximate surface area is 92.5 Å². The quantitative estimate of drug-likeness (QED) is 0.742. The highest BCUT2D eigenvalue weighted by Gasteiger charge is 2.39. The summed E-state index contributed by atoms with van der Waals surface area (Å²) in [4.78, 5) is 0. The second kappa shape index (κ2) is 5.48. The van der Waals surface area contributed by atoms with Gasteiger partial charge in [-0.1, -0.05) is 13.3 Å². The normalized spacial score (nSPS) is 27.7. The monoisotopic (exact) mass is 210 g/mol. The fraction of sp³-hybridized carbons (Fsp3) is 0.917. The predicted molar refractivity (Wildman–Crippen MR) is 60.2 cm³/mol. The number of rotatable bonds is 4. The molecule has 15 heavy (non-hydrogen) atoms. The first-order chi connectivity index (χ1) is 7.12. The highest BCUT2D eigenvalue weighted by molar-refractivity contribution is 5.00. The van der Waals surface area contributed by atoms with Crippen LogP contribution in [0.4, 0.5) is 0 Å². The topological polar surface area (TPSA) is 56.0 Å². The first kappa shape index (κ1) is 12.5. The highest BCUT2D eigenvalue weighted by atomic mass is 16.3. The van der Waals surface area contributed by atoms with Crippen LogP contribution in [0.25, 0.3) is 0 Å². The van der Waals surface area contributed by atoms with Crippen molar-refractivity contribution in [1.82, 2.24) is 5.32 Å². The van der Waals surface area contributed by atoms with Crippen LogP contribution in [0.2, 0.25) is 0 Å². The maximum Gasteiger partial charge on any atom is 0.0817 e. The van der Waals surface area contributed by atoms with E-state index in [1.165, 1.54) is 0 Å². The second-order valence-electron chi connectivity index (χ2n) is 4.74. The zero-order chi connectivity index (χ0) is 11.3. The summed E-state index contributed by atoms with van der Waals surface area (Å²) >= 11 is 0. The SMILES string of the molecule is CCCC(C#N)C(C)(O)C1CCCNC1. The van der Waals surface area contributed by atoms with Crippen molar-refractivity contribution in [3.8, 4) is 6.07 Å². The molecule has 86 valence electrons. The Morgan fingerprint density at radius 1 is 1.67 bits per heavy atom. The first-order valence-electron chi connectivity index (χ1n) is 5.95. The molecule has 3 unspecified atom stereocenters. The summed E-state index contributed by atoms with van der Waals surface area (Å²) in [5, 5.41) is 22.9. The third-order valence-corrected chi connectivity index (χ3v) is 3.56. The lowest BCUT2D eigenvalue weighted by Gasteiger charge is -2.38. The molecule has 0 aliphatic carbocycles. The fourth-order valence-corrected chi connectivity index (χ4v) is 2.41. The van der Waals surface area contributed by atoms with Crippen LogP contribution in [0, 0.1) is 23.2 Å². The average molecular weight is 210 g/mol. The minimum Gasteiger partial charge on any atom is -0.388 e. The van der Waals surface area contributed by atoms with E-state index in [9.17, 15) is 5.11 Å². The van der Waals surface area contributed by atoms with Gasteiger partial charge in [-0.2, -0.15) is 5.26 Å². The molecule has 2 N–H and O–H groups in total. The Morgan fingerprint density at radius 2 is 2.40 bits per heavy atom. The van der Waals surface area contributed by atoms with Gasteiger partial charge in [-0.3, -0.25) is 0 Å². The Morgan fingerprint density at radius 3 is 2.87 bits per heavy atom. The maximum atomic E-state index is 10.5. The Hall–Kier alpha value is -0.590. The van der Waals surface area contributed by atoms with E-state index in [-0.39, 0.29) is 11.8 Å². The van der Waals surface area contributed by atoms with Crippen molar-refractivity contribution < 1.29 is 5.11 Å². The Balaban J connectivity index is 2.65. The number of piperidine rings is 1. The van der Waals surface area contributed by atoms with Gasteiger partial charge in [-0.05, 0) is 32.7 Å². The second-order valence-corrected chi connectivity index (χ2v) is 4.74. The summed E-state index contributed by atoms with van der Waals surface area (Å²) < 4.78 is 0. The summed E-state index contributed by atoms with van der Waals surface area (Å²) in [6.45, 7) is 5.76. The lowest BCUT2D eigenvalue weighted by Crippen LogP contribution is -2.48. The van der Waals surface area contributed by atoms with Crippen molar-refractivity contribution in [2.45, 2.75) is 45.1 Å². The molecule has 1 saturated heterocycles. The van der Waals surface area contributed by atoms with E-state index in [1.54, 1.807) is 0 Å². The van der Waals surface area contributed by atoms with E-state index in [4.69, 9.17) is 5.26 Å². The number of hydrogen-bond donors (Lipinski definition) is 2. The van der Waals surface area contributed by atoms with E-state index in [2.05, 4.69) is 18.3 Å². The van der Waals surface area contributed by atoms with Gasteiger partial charge in [0.15, 0.2) is 0 Å². The fourth-order valence-electron chi connectivity index (χ4n) is 2.41. The van der Waals surface area contributed by atoms with Gasteiger partial charge in [0.25, 0.3) is 0 Å². The maximum absolute atomic E-state index is 10.5. The molecular formula is C12H22N2O. The zero-order valence-electron chi connectivity index (χ0n) is 9.79. The number of nitrogens with zero attached hydrogens (tertiary/aromatic N) is 1. The van der Waals surface area contributed by atoms with Gasteiger partial charge in [0, 0.05) is 12.5 Å². The van der Waals surface area contributed by atoms with Crippen LogP contribution < -0.4 is 5.32 Å². The van der Waals surface area contributed by atoms with E-state index < -0.39 is 5.60 Å². The molecule has 1 aliphatic rings. The molecule has 0 radical (unpaired) electrons. The van der Waals surface area contributed by atoms with Crippen molar-refractivity contribution in [1.29, 1.82) is 5.26 Å². The highest BCUT2D eigenvalue weighted by Crippen LogP contribution is 2.32. The molecule has 1 fully saturated rings. The van der Waals surface area contributed by atoms with E-state index in [0.29, 0.717) is 0 Å². The third-order valence-electron chi connectivity index (χ3n) is 3.56. The lowest BCUT2D eigenvalue weighted by molar-refractivity contribution is -0.0457. The Bertz CT molecular complexity index is 226. The molecule has 1 heterocycles. The van der Waals surface area contributed by atoms with Crippen molar-refractivity contribution in [3.63, 3.8) is 0 Å². The lowest BCUT2D eigenvalue weighted by atomic mass is 9.74. The van der Waals surface area contributed by atoms with Crippen molar-refractivity contribution in [3.05, 3.63) is 0 Å². The standard InChI is InChI=1S/C12H22N2O/c1-3-5-10(8-13)12(2,15)11-6-4-7-14-9-11/h10-11,14-15H,3-7,9H2,1-2H3. The predicted octanol–water partition coefficient (Wildman–Crippen LogP) is 1.68. The molecule has 0 aromatic carbocycles. The molecule has 1 rings (SSSR count). The van der Waals surface area contributed by atoms with Gasteiger partial charge in [0.05, 0.1) is 17.6 Å². The molecule has 0 saturated carbocycles. The minimum absolute atomic E-state index is 0.224. The minimum atomic E-state index is -0.835. The molecular weight excluding hydrogens is 188 g/mol. The molecule has 1 aliphatic heterocycles. The van der Waals surface area contributed by atoms with Gasteiger partial charge >= 0.3 is 0 Å². The summed E-state index contributed by atoms with van der Waals surface area (Å²) in [7, 11) is 0. The van der Waals surface area contributed by atoms with Gasteiger partial charge < -0.3 is 10.4 Å². The summed E-state index contributed by atoms with van der Waals surface area (Å²) in [5.41, 5.74) is -0.835. The van der Waals surface area contributed by atoms with E-state index in [1.807, 2.05) is 6.92 Å². The van der Waals surface area contributed by atoms with Crippen molar-refractivity contribution in [2.24, 2.45) is 11.8 Å². The Kier molecular flexibility index (Phi) is 4.56. The molecule has 3 atom stereocenters. The first-order valence-corrected chi connectivity index (χ1v) is 5.95. The van der Waals surface area contributed by atoms with E-state index in [0.717, 1.165) is 38.8 Å². The largest absolute Gasteiger partial charge is 0.388 e. The number of hydrogen-bond acceptors (Lipinski definition) is 3. The van der Waals surface area contributed by atoms with Gasteiger partial charge in [-0.15, -0.1) is 0 Å². The van der Waals surface area contributed by atoms with Crippen LogP contribution in [0.3, 0.4) is 0 Å². The number of nitriles is 1. The van der Waals surface area contributed by atoms with Crippen LogP contribution in [-0.4, -0.2) is 23.8 Å². The zero-order valence-corrected chi connectivity index (χ0v) is 9.79. The molecule has 0 aromatic rings. The number of aliphatic hydroxyl groups is 1. The van der Waals surface area contributed by atoms with Crippen LogP contribution in [0.15, 0.2) is 0 Å². The summed E-state index contributed by atoms with van der Waals surface area (Å²) in [5.74, 6) is -0.00477. The van der Waals surface area contributed by atoms with Gasteiger partial charge in [0.1, 0.15) is 0 Å². The molecule has 3 heteroatoms. The van der Waals surface area contributed by atoms with Crippen molar-refractivity contribution >= 4 is 0 Å². The molecule has 3 nitrogen and oxygen atoms in total. The molecule has 0 bridgehead atoms. The summed E-state index contributed by atoms with van der Waals surface area (Å²) in [6, 6.07) is 2.26. The third kappa shape index (κ3) is 2.93. The van der Waals surface area contributed by atoms with Crippen LogP contribution in [0.5, 0.6) is 0 Å². The summed E-state index contributed by atoms with van der Waals surface area (Å²) in [6.07, 6.45) is 3.88. The van der Waals surface area contributed by atoms with Crippen LogP contribution in [0.1, 0.15) is 39.5 Å². The molecule has 0 amide bonds. The van der Waals surface area contributed by atoms with Gasteiger partial charge in [-0.25, -0.2) is 0 Å². The van der Waals surface area contributed by atoms with Crippen LogP contribution in [-0.2, 0) is 0 Å². The average Bonchev–Trinajstić information content (AvgIpc) is 2.27. The van der Waals surface area contributed by atoms with Crippen molar-refractivity contribution in [2.75, 3.05) is 13.1 Å². The molecule has 0 spiro atoms. The van der Waals surface area contributed by atoms with Crippen LogP contribution >= 0.6 is 0 Å².